The number of nitrogens with one attached hydrogen (secondary N) is 1. The Morgan fingerprint density at radius 3 is 2.53 bits per heavy atom. The van der Waals surface area contributed by atoms with E-state index in [2.05, 4.69) is 31.3 Å². The lowest BCUT2D eigenvalue weighted by Crippen LogP contribution is -2.24. The third-order valence-electron chi connectivity index (χ3n) is 2.84. The minimum atomic E-state index is 0.148. The molecule has 2 heteroatoms. The Morgan fingerprint density at radius 1 is 1.27 bits per heavy atom. The zero-order valence-corrected chi connectivity index (χ0v) is 10.1. The van der Waals surface area contributed by atoms with Crippen molar-refractivity contribution >= 4 is 0 Å². The molecule has 1 rings (SSSR count). The Kier molecular flexibility index (Phi) is 4.15. The van der Waals surface area contributed by atoms with Crippen LogP contribution in [0.5, 0.6) is 5.75 Å². The third-order valence-corrected chi connectivity index (χ3v) is 2.84. The Balaban J connectivity index is 2.92. The van der Waals surface area contributed by atoms with E-state index < -0.39 is 0 Å². The van der Waals surface area contributed by atoms with Gasteiger partial charge >= 0.3 is 0 Å². The van der Waals surface area contributed by atoms with Crippen LogP contribution in [0.1, 0.15) is 25.8 Å². The first-order chi connectivity index (χ1) is 7.11. The first kappa shape index (κ1) is 12.1. The van der Waals surface area contributed by atoms with E-state index in [0.29, 0.717) is 0 Å². The summed E-state index contributed by atoms with van der Waals surface area (Å²) in [6.45, 7) is 5.52. The van der Waals surface area contributed by atoms with Crippen LogP contribution in [0.25, 0.3) is 0 Å². The number of para-hydroxylation sites is 1. The second kappa shape index (κ2) is 5.17. The van der Waals surface area contributed by atoms with E-state index in [4.69, 9.17) is 4.74 Å². The van der Waals surface area contributed by atoms with Gasteiger partial charge in [-0.15, -0.1) is 0 Å². The summed E-state index contributed by atoms with van der Waals surface area (Å²) in [5.41, 5.74) is 1.43. The molecule has 0 saturated heterocycles. The van der Waals surface area contributed by atoms with Crippen molar-refractivity contribution in [2.75, 3.05) is 20.7 Å². The third kappa shape index (κ3) is 2.96. The molecule has 0 fully saturated rings. The molecule has 0 bridgehead atoms. The van der Waals surface area contributed by atoms with E-state index in [-0.39, 0.29) is 5.41 Å². The molecule has 0 aliphatic heterocycles. The van der Waals surface area contributed by atoms with E-state index in [0.717, 1.165) is 18.7 Å². The van der Waals surface area contributed by atoms with Crippen molar-refractivity contribution in [1.82, 2.24) is 5.32 Å². The summed E-state index contributed by atoms with van der Waals surface area (Å²) in [5, 5.41) is 3.19. The number of benzene rings is 1. The van der Waals surface area contributed by atoms with Gasteiger partial charge in [0, 0.05) is 0 Å². The van der Waals surface area contributed by atoms with Gasteiger partial charge in [-0.2, -0.15) is 0 Å². The molecule has 0 heterocycles. The summed E-state index contributed by atoms with van der Waals surface area (Å²) in [6, 6.07) is 8.25. The second-order valence-corrected chi connectivity index (χ2v) is 4.44. The van der Waals surface area contributed by atoms with Crippen LogP contribution in [0.3, 0.4) is 0 Å². The summed E-state index contributed by atoms with van der Waals surface area (Å²) in [4.78, 5) is 0. The minimum Gasteiger partial charge on any atom is -0.496 e. The maximum Gasteiger partial charge on any atom is 0.122 e. The van der Waals surface area contributed by atoms with Crippen LogP contribution in [-0.2, 0) is 5.41 Å². The van der Waals surface area contributed by atoms with Crippen LogP contribution in [0, 0.1) is 0 Å². The van der Waals surface area contributed by atoms with Gasteiger partial charge in [0.05, 0.1) is 7.11 Å². The van der Waals surface area contributed by atoms with Crippen molar-refractivity contribution in [3.8, 4) is 5.75 Å². The van der Waals surface area contributed by atoms with Gasteiger partial charge in [0.1, 0.15) is 5.75 Å². The van der Waals surface area contributed by atoms with E-state index in [1.807, 2.05) is 19.2 Å². The van der Waals surface area contributed by atoms with Crippen molar-refractivity contribution in [1.29, 1.82) is 0 Å². The lowest BCUT2D eigenvalue weighted by Gasteiger charge is -2.27. The second-order valence-electron chi connectivity index (χ2n) is 4.44. The van der Waals surface area contributed by atoms with Gasteiger partial charge in [0.15, 0.2) is 0 Å². The Hall–Kier alpha value is -1.02. The average molecular weight is 207 g/mol. The predicted molar refractivity (Wildman–Crippen MR) is 64.6 cm³/mol. The SMILES string of the molecule is CNCCC(C)(C)c1ccccc1OC. The Bertz CT molecular complexity index is 307. The Labute approximate surface area is 92.6 Å². The number of hydrogen-bond donors (Lipinski definition) is 1. The molecule has 0 aromatic heterocycles. The highest BCUT2D eigenvalue weighted by atomic mass is 16.5. The normalized spacial score (nSPS) is 11.5. The first-order valence-corrected chi connectivity index (χ1v) is 5.40. The molecule has 1 N–H and O–H groups in total. The summed E-state index contributed by atoms with van der Waals surface area (Å²) >= 11 is 0. The lowest BCUT2D eigenvalue weighted by atomic mass is 9.81. The predicted octanol–water partition coefficient (Wildman–Crippen LogP) is 2.58. The van der Waals surface area contributed by atoms with Gasteiger partial charge in [-0.05, 0) is 37.1 Å². The fourth-order valence-corrected chi connectivity index (χ4v) is 1.78. The van der Waals surface area contributed by atoms with Crippen molar-refractivity contribution in [3.05, 3.63) is 29.8 Å². The van der Waals surface area contributed by atoms with Crippen molar-refractivity contribution in [2.45, 2.75) is 25.7 Å². The van der Waals surface area contributed by atoms with Gasteiger partial charge in [-0.25, -0.2) is 0 Å². The fraction of sp³-hybridized carbons (Fsp3) is 0.538. The number of hydrogen-bond acceptors (Lipinski definition) is 2. The van der Waals surface area contributed by atoms with Crippen molar-refractivity contribution < 1.29 is 4.74 Å². The molecule has 0 aliphatic rings. The van der Waals surface area contributed by atoms with Crippen molar-refractivity contribution in [3.63, 3.8) is 0 Å². The first-order valence-electron chi connectivity index (χ1n) is 5.40. The lowest BCUT2D eigenvalue weighted by molar-refractivity contribution is 0.384. The summed E-state index contributed by atoms with van der Waals surface area (Å²) < 4.78 is 5.39. The molecule has 0 aliphatic carbocycles. The molecule has 0 amide bonds. The summed E-state index contributed by atoms with van der Waals surface area (Å²) in [7, 11) is 3.71. The van der Waals surface area contributed by atoms with Crippen LogP contribution in [0.2, 0.25) is 0 Å². The molecule has 0 radical (unpaired) electrons. The topological polar surface area (TPSA) is 21.3 Å². The highest BCUT2D eigenvalue weighted by Crippen LogP contribution is 2.33. The molecule has 1 aromatic carbocycles. The molecule has 15 heavy (non-hydrogen) atoms. The molecule has 0 atom stereocenters. The molecule has 84 valence electrons. The minimum absolute atomic E-state index is 0.148. The molecular weight excluding hydrogens is 186 g/mol. The number of ether oxygens (including phenoxy) is 1. The average Bonchev–Trinajstić information content (AvgIpc) is 2.26. The number of rotatable bonds is 5. The van der Waals surface area contributed by atoms with Gasteiger partial charge < -0.3 is 10.1 Å². The highest BCUT2D eigenvalue weighted by Gasteiger charge is 2.23. The monoisotopic (exact) mass is 207 g/mol. The number of methoxy groups -OCH3 is 1. The van der Waals surface area contributed by atoms with Gasteiger partial charge in [0.25, 0.3) is 0 Å². The van der Waals surface area contributed by atoms with Crippen LogP contribution < -0.4 is 10.1 Å². The zero-order valence-electron chi connectivity index (χ0n) is 10.1. The molecule has 0 saturated carbocycles. The van der Waals surface area contributed by atoms with Crippen LogP contribution in [-0.4, -0.2) is 20.7 Å². The van der Waals surface area contributed by atoms with Crippen LogP contribution >= 0.6 is 0 Å². The highest BCUT2D eigenvalue weighted by molar-refractivity contribution is 5.38. The fourth-order valence-electron chi connectivity index (χ4n) is 1.78. The maximum absolute atomic E-state index is 5.39. The van der Waals surface area contributed by atoms with Gasteiger partial charge in [-0.1, -0.05) is 32.0 Å². The summed E-state index contributed by atoms with van der Waals surface area (Å²) in [6.07, 6.45) is 1.10. The van der Waals surface area contributed by atoms with E-state index >= 15 is 0 Å². The molecule has 1 aromatic rings. The van der Waals surface area contributed by atoms with Crippen molar-refractivity contribution in [2.24, 2.45) is 0 Å². The largest absolute Gasteiger partial charge is 0.496 e. The quantitative estimate of drug-likeness (QED) is 0.801. The van der Waals surface area contributed by atoms with E-state index in [1.54, 1.807) is 7.11 Å². The maximum atomic E-state index is 5.39. The summed E-state index contributed by atoms with van der Waals surface area (Å²) in [5.74, 6) is 0.985. The Morgan fingerprint density at radius 2 is 1.93 bits per heavy atom. The molecule has 0 unspecified atom stereocenters. The van der Waals surface area contributed by atoms with Gasteiger partial charge in [-0.3, -0.25) is 0 Å². The van der Waals surface area contributed by atoms with Gasteiger partial charge in [0.2, 0.25) is 0 Å². The van der Waals surface area contributed by atoms with Crippen LogP contribution in [0.15, 0.2) is 24.3 Å². The van der Waals surface area contributed by atoms with E-state index in [9.17, 15) is 0 Å². The van der Waals surface area contributed by atoms with E-state index in [1.165, 1.54) is 5.56 Å². The standard InChI is InChI=1S/C13H21NO/c1-13(2,9-10-14-3)11-7-5-6-8-12(11)15-4/h5-8,14H,9-10H2,1-4H3. The van der Waals surface area contributed by atoms with Crippen LogP contribution in [0.4, 0.5) is 0 Å². The molecular formula is C13H21NO. The molecule has 2 nitrogen and oxygen atoms in total. The smallest absolute Gasteiger partial charge is 0.122 e. The molecule has 0 spiro atoms. The zero-order chi connectivity index (χ0) is 11.3.